The fourth-order valence-corrected chi connectivity index (χ4v) is 3.25. The van der Waals surface area contributed by atoms with Gasteiger partial charge in [-0.1, -0.05) is 48.5 Å². The van der Waals surface area contributed by atoms with Gasteiger partial charge in [-0.2, -0.15) is 0 Å². The number of carbonyl (C=O) groups is 1. The maximum atomic E-state index is 12.8. The van der Waals surface area contributed by atoms with Crippen LogP contribution in [0.1, 0.15) is 24.4 Å². The van der Waals surface area contributed by atoms with Crippen molar-refractivity contribution in [3.05, 3.63) is 66.2 Å². The third-order valence-electron chi connectivity index (χ3n) is 4.64. The normalized spacial score (nSPS) is 18.1. The van der Waals surface area contributed by atoms with Crippen molar-refractivity contribution in [2.24, 2.45) is 0 Å². The van der Waals surface area contributed by atoms with E-state index in [-0.39, 0.29) is 11.9 Å². The molecule has 1 saturated heterocycles. The maximum absolute atomic E-state index is 12.8. The number of para-hydroxylation sites is 1. The summed E-state index contributed by atoms with van der Waals surface area (Å²) < 4.78 is 5.69. The molecule has 0 aromatic heterocycles. The lowest BCUT2D eigenvalue weighted by Crippen LogP contribution is -2.49. The molecule has 1 atom stereocenters. The SMILES string of the molecule is CN1CCN(C(=O)CCCOc2ccccc2)[C@H](c2ccccc2)C1. The van der Waals surface area contributed by atoms with Crippen LogP contribution in [0.5, 0.6) is 5.75 Å². The minimum Gasteiger partial charge on any atom is -0.494 e. The zero-order valence-electron chi connectivity index (χ0n) is 14.8. The van der Waals surface area contributed by atoms with Crippen LogP contribution in [0.15, 0.2) is 60.7 Å². The van der Waals surface area contributed by atoms with Crippen LogP contribution < -0.4 is 4.74 Å². The average molecular weight is 338 g/mol. The van der Waals surface area contributed by atoms with E-state index >= 15 is 0 Å². The van der Waals surface area contributed by atoms with Crippen LogP contribution in [-0.4, -0.2) is 49.0 Å². The van der Waals surface area contributed by atoms with E-state index in [1.54, 1.807) is 0 Å². The zero-order chi connectivity index (χ0) is 17.5. The van der Waals surface area contributed by atoms with Crippen molar-refractivity contribution in [1.29, 1.82) is 0 Å². The Hall–Kier alpha value is -2.33. The molecule has 1 heterocycles. The predicted molar refractivity (Wildman–Crippen MR) is 99.6 cm³/mol. The summed E-state index contributed by atoms with van der Waals surface area (Å²) in [5.41, 5.74) is 1.21. The van der Waals surface area contributed by atoms with E-state index in [1.165, 1.54) is 5.56 Å². The number of piperazine rings is 1. The number of ether oxygens (including phenoxy) is 1. The summed E-state index contributed by atoms with van der Waals surface area (Å²) in [6.45, 7) is 3.17. The number of carbonyl (C=O) groups excluding carboxylic acids is 1. The second kappa shape index (κ2) is 8.67. The number of likely N-dealkylation sites (N-methyl/N-ethyl adjacent to an activating group) is 1. The fourth-order valence-electron chi connectivity index (χ4n) is 3.25. The Labute approximate surface area is 150 Å². The van der Waals surface area contributed by atoms with Crippen LogP contribution in [-0.2, 0) is 4.79 Å². The standard InChI is InChI=1S/C21H26N2O2/c1-22-14-15-23(20(17-22)18-9-4-2-5-10-18)21(24)13-8-16-25-19-11-6-3-7-12-19/h2-7,9-12,20H,8,13-17H2,1H3/t20-/m0/s1. The van der Waals surface area contributed by atoms with E-state index in [2.05, 4.69) is 24.1 Å². The summed E-state index contributed by atoms with van der Waals surface area (Å²) in [5.74, 6) is 1.08. The molecule has 4 nitrogen and oxygen atoms in total. The molecule has 0 aliphatic carbocycles. The Balaban J connectivity index is 1.54. The Morgan fingerprint density at radius 3 is 2.44 bits per heavy atom. The monoisotopic (exact) mass is 338 g/mol. The summed E-state index contributed by atoms with van der Waals surface area (Å²) in [6, 6.07) is 20.2. The second-order valence-corrected chi connectivity index (χ2v) is 6.54. The van der Waals surface area contributed by atoms with Crippen LogP contribution in [0.4, 0.5) is 0 Å². The molecular weight excluding hydrogens is 312 g/mol. The van der Waals surface area contributed by atoms with E-state index in [9.17, 15) is 4.79 Å². The highest BCUT2D eigenvalue weighted by atomic mass is 16.5. The summed E-state index contributed by atoms with van der Waals surface area (Å²) in [6.07, 6.45) is 1.27. The van der Waals surface area contributed by atoms with Gasteiger partial charge in [0.2, 0.25) is 5.91 Å². The molecular formula is C21H26N2O2. The first kappa shape index (κ1) is 17.5. The Bertz CT molecular complexity index is 660. The maximum Gasteiger partial charge on any atom is 0.223 e. The van der Waals surface area contributed by atoms with Gasteiger partial charge < -0.3 is 14.5 Å². The molecule has 0 spiro atoms. The molecule has 0 N–H and O–H groups in total. The molecule has 0 bridgehead atoms. The van der Waals surface area contributed by atoms with E-state index in [4.69, 9.17) is 4.74 Å². The first-order valence-electron chi connectivity index (χ1n) is 8.95. The lowest BCUT2D eigenvalue weighted by Gasteiger charge is -2.40. The molecule has 4 heteroatoms. The third-order valence-corrected chi connectivity index (χ3v) is 4.64. The van der Waals surface area contributed by atoms with Gasteiger partial charge in [0.25, 0.3) is 0 Å². The lowest BCUT2D eigenvalue weighted by atomic mass is 10.0. The second-order valence-electron chi connectivity index (χ2n) is 6.54. The highest BCUT2D eigenvalue weighted by Crippen LogP contribution is 2.25. The summed E-state index contributed by atoms with van der Waals surface area (Å²) in [4.78, 5) is 17.1. The molecule has 3 rings (SSSR count). The van der Waals surface area contributed by atoms with Crippen molar-refractivity contribution >= 4 is 5.91 Å². The number of rotatable bonds is 6. The smallest absolute Gasteiger partial charge is 0.223 e. The van der Waals surface area contributed by atoms with Crippen molar-refractivity contribution < 1.29 is 9.53 Å². The predicted octanol–water partition coefficient (Wildman–Crippen LogP) is 3.36. The van der Waals surface area contributed by atoms with Gasteiger partial charge in [-0.25, -0.2) is 0 Å². The van der Waals surface area contributed by atoms with Crippen LogP contribution in [0.25, 0.3) is 0 Å². The van der Waals surface area contributed by atoms with Gasteiger partial charge in [0.05, 0.1) is 12.6 Å². The largest absolute Gasteiger partial charge is 0.494 e. The number of amides is 1. The molecule has 132 valence electrons. The Kier molecular flexibility index (Phi) is 6.07. The van der Waals surface area contributed by atoms with Gasteiger partial charge in [-0.3, -0.25) is 4.79 Å². The van der Waals surface area contributed by atoms with Crippen LogP contribution in [0.2, 0.25) is 0 Å². The van der Waals surface area contributed by atoms with Crippen LogP contribution in [0.3, 0.4) is 0 Å². The van der Waals surface area contributed by atoms with Crippen LogP contribution >= 0.6 is 0 Å². The number of benzene rings is 2. The molecule has 0 radical (unpaired) electrons. The minimum absolute atomic E-state index is 0.141. The molecule has 2 aromatic carbocycles. The number of hydrogen-bond acceptors (Lipinski definition) is 3. The Morgan fingerprint density at radius 1 is 1.04 bits per heavy atom. The van der Waals surface area contributed by atoms with Gasteiger partial charge in [0, 0.05) is 26.1 Å². The van der Waals surface area contributed by atoms with Gasteiger partial charge in [-0.05, 0) is 31.2 Å². The van der Waals surface area contributed by atoms with Crippen molar-refractivity contribution in [1.82, 2.24) is 9.80 Å². The van der Waals surface area contributed by atoms with Gasteiger partial charge in [0.15, 0.2) is 0 Å². The van der Waals surface area contributed by atoms with Gasteiger partial charge in [-0.15, -0.1) is 0 Å². The topological polar surface area (TPSA) is 32.8 Å². The summed E-state index contributed by atoms with van der Waals surface area (Å²) in [5, 5.41) is 0. The molecule has 1 aliphatic heterocycles. The summed E-state index contributed by atoms with van der Waals surface area (Å²) in [7, 11) is 2.12. The van der Waals surface area contributed by atoms with Crippen molar-refractivity contribution in [2.75, 3.05) is 33.3 Å². The quantitative estimate of drug-likeness (QED) is 0.757. The third kappa shape index (κ3) is 4.83. The van der Waals surface area contributed by atoms with E-state index in [0.29, 0.717) is 13.0 Å². The first-order chi connectivity index (χ1) is 12.2. The highest BCUT2D eigenvalue weighted by molar-refractivity contribution is 5.77. The first-order valence-corrected chi connectivity index (χ1v) is 8.95. The number of nitrogens with zero attached hydrogens (tertiary/aromatic N) is 2. The average Bonchev–Trinajstić information content (AvgIpc) is 2.66. The molecule has 1 aliphatic rings. The van der Waals surface area contributed by atoms with Crippen molar-refractivity contribution in [3.8, 4) is 5.75 Å². The number of hydrogen-bond donors (Lipinski definition) is 0. The van der Waals surface area contributed by atoms with Crippen molar-refractivity contribution in [3.63, 3.8) is 0 Å². The van der Waals surface area contributed by atoms with Crippen LogP contribution in [0, 0.1) is 0 Å². The fraction of sp³-hybridized carbons (Fsp3) is 0.381. The molecule has 2 aromatic rings. The van der Waals surface area contributed by atoms with Crippen molar-refractivity contribution in [2.45, 2.75) is 18.9 Å². The molecule has 0 saturated carbocycles. The molecule has 25 heavy (non-hydrogen) atoms. The molecule has 1 fully saturated rings. The van der Waals surface area contributed by atoms with Gasteiger partial charge in [0.1, 0.15) is 5.75 Å². The lowest BCUT2D eigenvalue weighted by molar-refractivity contribution is -0.136. The van der Waals surface area contributed by atoms with E-state index < -0.39 is 0 Å². The summed E-state index contributed by atoms with van der Waals surface area (Å²) >= 11 is 0. The minimum atomic E-state index is 0.141. The van der Waals surface area contributed by atoms with E-state index in [1.807, 2.05) is 53.4 Å². The van der Waals surface area contributed by atoms with E-state index in [0.717, 1.165) is 31.8 Å². The highest BCUT2D eigenvalue weighted by Gasteiger charge is 2.29. The molecule has 1 amide bonds. The van der Waals surface area contributed by atoms with Gasteiger partial charge >= 0.3 is 0 Å². The molecule has 0 unspecified atom stereocenters. The zero-order valence-corrected chi connectivity index (χ0v) is 14.8. The Morgan fingerprint density at radius 2 is 1.72 bits per heavy atom.